The van der Waals surface area contributed by atoms with Crippen molar-refractivity contribution in [1.82, 2.24) is 14.3 Å². The molecule has 44 heavy (non-hydrogen) atoms. The lowest BCUT2D eigenvalue weighted by Gasteiger charge is -2.37. The molecule has 0 atom stereocenters. The van der Waals surface area contributed by atoms with Crippen LogP contribution in [0, 0.1) is 5.82 Å². The summed E-state index contributed by atoms with van der Waals surface area (Å²) in [4.78, 5) is 38.3. The number of fused-ring (bicyclic) bond motifs is 1. The molecule has 2 aliphatic heterocycles. The second kappa shape index (κ2) is 15.7. The summed E-state index contributed by atoms with van der Waals surface area (Å²) in [6.45, 7) is 5.12. The summed E-state index contributed by atoms with van der Waals surface area (Å²) in [6, 6.07) is 12.2. The van der Waals surface area contributed by atoms with Crippen LogP contribution in [0.2, 0.25) is 0 Å². The van der Waals surface area contributed by atoms with Crippen LogP contribution in [0.4, 0.5) is 15.9 Å². The molecular weight excluding hydrogens is 594 g/mol. The van der Waals surface area contributed by atoms with Gasteiger partial charge in [0.05, 0.1) is 16.2 Å². The average molecular weight is 636 g/mol. The topological polar surface area (TPSA) is 61.2 Å². The van der Waals surface area contributed by atoms with Crippen molar-refractivity contribution in [1.29, 1.82) is 0 Å². The van der Waals surface area contributed by atoms with Gasteiger partial charge in [-0.25, -0.2) is 9.37 Å². The van der Waals surface area contributed by atoms with Crippen LogP contribution in [-0.4, -0.2) is 57.2 Å². The molecule has 0 N–H and O–H groups in total. The van der Waals surface area contributed by atoms with Crippen LogP contribution < -0.4 is 15.4 Å². The Morgan fingerprint density at radius 1 is 0.864 bits per heavy atom. The molecule has 0 saturated carbocycles. The molecule has 234 valence electrons. The molecule has 5 rings (SSSR count). The van der Waals surface area contributed by atoms with E-state index in [1.54, 1.807) is 41.4 Å². The van der Waals surface area contributed by atoms with Gasteiger partial charge in [0.1, 0.15) is 21.6 Å². The fourth-order valence-electron chi connectivity index (χ4n) is 5.91. The van der Waals surface area contributed by atoms with E-state index in [-0.39, 0.29) is 17.3 Å². The first-order valence-corrected chi connectivity index (χ1v) is 17.2. The molecule has 1 amide bonds. The quantitative estimate of drug-likeness (QED) is 0.105. The van der Waals surface area contributed by atoms with E-state index >= 15 is 0 Å². The van der Waals surface area contributed by atoms with Crippen LogP contribution in [0.3, 0.4) is 0 Å². The maximum Gasteiger partial charge on any atom is 0.267 e. The van der Waals surface area contributed by atoms with Crippen LogP contribution in [0.15, 0.2) is 58.4 Å². The van der Waals surface area contributed by atoms with Crippen molar-refractivity contribution in [2.45, 2.75) is 71.1 Å². The van der Waals surface area contributed by atoms with Gasteiger partial charge in [0, 0.05) is 38.9 Å². The number of halogens is 1. The number of thioether (sulfide) groups is 1. The zero-order valence-electron chi connectivity index (χ0n) is 25.5. The standard InChI is InChI=1S/C34H42FN5O2S2/c1-2-3-4-5-6-7-8-9-10-14-20-40-33(42)29(44-34(40)43)25-26-31(36-30-18-13-15-19-39(30)32(26)41)38-23-21-37(22-24-38)28-17-12-11-16-27(28)35/h11-13,15-19,25H,2-10,14,20-24H2,1H3. The van der Waals surface area contributed by atoms with E-state index in [4.69, 9.17) is 17.2 Å². The fourth-order valence-corrected chi connectivity index (χ4v) is 7.20. The Balaban J connectivity index is 1.26. The third kappa shape index (κ3) is 7.69. The minimum Gasteiger partial charge on any atom is -0.366 e. The van der Waals surface area contributed by atoms with Crippen LogP contribution >= 0.6 is 24.0 Å². The lowest BCUT2D eigenvalue weighted by atomic mass is 10.1. The molecule has 2 aromatic heterocycles. The Kier molecular flexibility index (Phi) is 11.4. The highest BCUT2D eigenvalue weighted by Gasteiger charge is 2.33. The summed E-state index contributed by atoms with van der Waals surface area (Å²) in [5, 5.41) is 0. The number of piperazine rings is 1. The number of unbranched alkanes of at least 4 members (excludes halogenated alkanes) is 9. The molecule has 2 fully saturated rings. The van der Waals surface area contributed by atoms with E-state index in [1.165, 1.54) is 73.6 Å². The van der Waals surface area contributed by atoms with Crippen LogP contribution in [0.5, 0.6) is 0 Å². The number of hydrogen-bond donors (Lipinski definition) is 0. The minimum atomic E-state index is -0.247. The first-order chi connectivity index (χ1) is 21.5. The van der Waals surface area contributed by atoms with E-state index in [2.05, 4.69) is 11.8 Å². The van der Waals surface area contributed by atoms with Gasteiger partial charge in [-0.1, -0.05) is 107 Å². The molecule has 2 aliphatic rings. The maximum atomic E-state index is 14.4. The molecule has 0 radical (unpaired) electrons. The van der Waals surface area contributed by atoms with Gasteiger partial charge >= 0.3 is 0 Å². The summed E-state index contributed by atoms with van der Waals surface area (Å²) < 4.78 is 16.5. The highest BCUT2D eigenvalue weighted by Crippen LogP contribution is 2.34. The Morgan fingerprint density at radius 3 is 2.20 bits per heavy atom. The van der Waals surface area contributed by atoms with E-state index in [1.807, 2.05) is 17.0 Å². The van der Waals surface area contributed by atoms with Crippen molar-refractivity contribution in [2.75, 3.05) is 42.5 Å². The smallest absolute Gasteiger partial charge is 0.267 e. The van der Waals surface area contributed by atoms with Gasteiger partial charge in [0.15, 0.2) is 0 Å². The predicted octanol–water partition coefficient (Wildman–Crippen LogP) is 7.28. The number of anilines is 2. The van der Waals surface area contributed by atoms with Crippen molar-refractivity contribution in [3.05, 3.63) is 75.3 Å². The second-order valence-corrected chi connectivity index (χ2v) is 13.2. The van der Waals surface area contributed by atoms with E-state index in [0.717, 1.165) is 12.8 Å². The first kappa shape index (κ1) is 32.2. The van der Waals surface area contributed by atoms with Gasteiger partial charge in [-0.3, -0.25) is 18.9 Å². The molecular formula is C34H42FN5O2S2. The minimum absolute atomic E-state index is 0.149. The van der Waals surface area contributed by atoms with Crippen LogP contribution in [-0.2, 0) is 4.79 Å². The Morgan fingerprint density at radius 2 is 1.50 bits per heavy atom. The van der Waals surface area contributed by atoms with E-state index in [9.17, 15) is 14.0 Å². The van der Waals surface area contributed by atoms with Gasteiger partial charge in [0.25, 0.3) is 11.5 Å². The number of thiocarbonyl (C=S) groups is 1. The molecule has 2 saturated heterocycles. The molecule has 10 heteroatoms. The number of rotatable bonds is 14. The predicted molar refractivity (Wildman–Crippen MR) is 184 cm³/mol. The number of carbonyl (C=O) groups excluding carboxylic acids is 1. The van der Waals surface area contributed by atoms with Gasteiger partial charge in [0.2, 0.25) is 0 Å². The zero-order valence-corrected chi connectivity index (χ0v) is 27.2. The molecule has 0 aliphatic carbocycles. The lowest BCUT2D eigenvalue weighted by molar-refractivity contribution is -0.122. The van der Waals surface area contributed by atoms with Gasteiger partial charge < -0.3 is 9.80 Å². The number of aromatic nitrogens is 2. The summed E-state index contributed by atoms with van der Waals surface area (Å²) in [7, 11) is 0. The average Bonchev–Trinajstić information content (AvgIpc) is 3.31. The fraction of sp³-hybridized carbons (Fsp3) is 0.471. The number of carbonyl (C=O) groups is 1. The molecule has 1 aromatic carbocycles. The molecule has 0 spiro atoms. The largest absolute Gasteiger partial charge is 0.366 e. The number of nitrogens with zero attached hydrogens (tertiary/aromatic N) is 5. The molecule has 0 unspecified atom stereocenters. The molecule has 0 bridgehead atoms. The van der Waals surface area contributed by atoms with Gasteiger partial charge in [-0.05, 0) is 36.8 Å². The van der Waals surface area contributed by atoms with E-state index in [0.29, 0.717) is 64.7 Å². The maximum absolute atomic E-state index is 14.4. The summed E-state index contributed by atoms with van der Waals surface area (Å²) in [5.74, 6) is 0.140. The Bertz CT molecular complexity index is 1550. The normalized spacial score (nSPS) is 16.6. The SMILES string of the molecule is CCCCCCCCCCCCN1C(=O)C(=Cc2c(N3CCN(c4ccccc4F)CC3)nc3ccccn3c2=O)SC1=S. The van der Waals surface area contributed by atoms with Crippen LogP contribution in [0.1, 0.15) is 76.7 Å². The second-order valence-electron chi connectivity index (χ2n) is 11.5. The summed E-state index contributed by atoms with van der Waals surface area (Å²) in [6.07, 6.45) is 15.6. The number of pyridine rings is 1. The van der Waals surface area contributed by atoms with Crippen LogP contribution in [0.25, 0.3) is 11.7 Å². The van der Waals surface area contributed by atoms with Crippen molar-refractivity contribution in [3.63, 3.8) is 0 Å². The molecule has 7 nitrogen and oxygen atoms in total. The summed E-state index contributed by atoms with van der Waals surface area (Å²) in [5.41, 5.74) is 1.24. The highest BCUT2D eigenvalue weighted by atomic mass is 32.2. The first-order valence-electron chi connectivity index (χ1n) is 16.0. The molecule has 3 aromatic rings. The summed E-state index contributed by atoms with van der Waals surface area (Å²) >= 11 is 6.85. The van der Waals surface area contributed by atoms with E-state index < -0.39 is 0 Å². The third-order valence-electron chi connectivity index (χ3n) is 8.41. The number of hydrogen-bond acceptors (Lipinski definition) is 7. The van der Waals surface area contributed by atoms with Crippen molar-refractivity contribution in [2.24, 2.45) is 0 Å². The van der Waals surface area contributed by atoms with Crippen molar-refractivity contribution < 1.29 is 9.18 Å². The number of benzene rings is 1. The number of amides is 1. The lowest BCUT2D eigenvalue weighted by Crippen LogP contribution is -2.47. The Labute approximate surface area is 269 Å². The van der Waals surface area contributed by atoms with Crippen molar-refractivity contribution in [3.8, 4) is 0 Å². The zero-order chi connectivity index (χ0) is 30.9. The highest BCUT2D eigenvalue weighted by molar-refractivity contribution is 8.26. The van der Waals surface area contributed by atoms with Gasteiger partial charge in [-0.2, -0.15) is 0 Å². The van der Waals surface area contributed by atoms with Gasteiger partial charge in [-0.15, -0.1) is 0 Å². The molecule has 4 heterocycles. The Hall–Kier alpha value is -3.24. The monoisotopic (exact) mass is 635 g/mol. The number of para-hydroxylation sites is 1. The van der Waals surface area contributed by atoms with Crippen molar-refractivity contribution >= 4 is 57.4 Å². The third-order valence-corrected chi connectivity index (χ3v) is 9.78.